The molecule has 0 aromatic rings. The zero-order valence-corrected chi connectivity index (χ0v) is 5.12. The van der Waals surface area contributed by atoms with E-state index in [-0.39, 0.29) is 0 Å². The van der Waals surface area contributed by atoms with Crippen LogP contribution in [0.25, 0.3) is 0 Å². The molecule has 0 radical (unpaired) electrons. The van der Waals surface area contributed by atoms with E-state index in [1.165, 1.54) is 5.41 Å². The lowest BCUT2D eigenvalue weighted by Gasteiger charge is -1.95. The van der Waals surface area contributed by atoms with Gasteiger partial charge in [-0.15, -0.1) is 0 Å². The van der Waals surface area contributed by atoms with E-state index in [0.29, 0.717) is 0 Å². The normalized spacial score (nSPS) is 17.9. The van der Waals surface area contributed by atoms with Gasteiger partial charge in [0.05, 0.1) is 0 Å². The average Bonchev–Trinajstić information content (AvgIpc) is 1.68. The highest BCUT2D eigenvalue weighted by atomic mass is 32.2. The second-order valence-corrected chi connectivity index (χ2v) is 3.29. The predicted octanol–water partition coefficient (Wildman–Crippen LogP) is -0.0193. The number of hydrogen-bond acceptors (Lipinski definition) is 1. The van der Waals surface area contributed by atoms with Gasteiger partial charge in [-0.2, -0.15) is 0 Å². The molecule has 0 fully saturated rings. The fourth-order valence-corrected chi connectivity index (χ4v) is 0.250. The van der Waals surface area contributed by atoms with Crippen LogP contribution in [0.2, 0.25) is 0 Å². The average molecular weight is 119 g/mol. The van der Waals surface area contributed by atoms with Crippen molar-refractivity contribution in [3.63, 3.8) is 0 Å². The Morgan fingerprint density at radius 2 is 2.29 bits per heavy atom. The van der Waals surface area contributed by atoms with Gasteiger partial charge in [0.25, 0.3) is 0 Å². The largest absolute Gasteiger partial charge is 0.248 e. The Balaban J connectivity index is 4.17. The molecule has 3 heteroatoms. The minimum absolute atomic E-state index is 1.30. The quantitative estimate of drug-likeness (QED) is 0.508. The van der Waals surface area contributed by atoms with E-state index < -0.39 is 9.71 Å². The molecule has 0 saturated carbocycles. The van der Waals surface area contributed by atoms with Crippen LogP contribution >= 0.6 is 0 Å². The molecular weight excluding hydrogens is 110 g/mol. The molecule has 0 aromatic heterocycles. The molecule has 0 bridgehead atoms. The molecule has 0 heterocycles. The van der Waals surface area contributed by atoms with Crippen LogP contribution in [-0.2, 0) is 9.71 Å². The first-order valence-corrected chi connectivity index (χ1v) is 3.59. The summed E-state index contributed by atoms with van der Waals surface area (Å²) in [6.07, 6.45) is 0. The van der Waals surface area contributed by atoms with E-state index in [1.807, 2.05) is 0 Å². The third-order valence-corrected chi connectivity index (χ3v) is 1.84. The van der Waals surface area contributed by atoms with Crippen LogP contribution < -0.4 is 4.72 Å². The minimum atomic E-state index is -2.14. The van der Waals surface area contributed by atoms with Gasteiger partial charge in [0.2, 0.25) is 0 Å². The highest BCUT2D eigenvalue weighted by molar-refractivity contribution is 8.01. The molecule has 0 spiro atoms. The highest BCUT2D eigenvalue weighted by Gasteiger charge is 1.84. The third-order valence-electron chi connectivity index (χ3n) is 0.615. The van der Waals surface area contributed by atoms with E-state index in [2.05, 4.69) is 17.2 Å². The first kappa shape index (κ1) is 6.72. The molecule has 0 rings (SSSR count). The molecule has 1 atom stereocenters. The summed E-state index contributed by atoms with van der Waals surface area (Å²) < 4.78 is 13.1. The van der Waals surface area contributed by atoms with Crippen molar-refractivity contribution in [1.29, 1.82) is 0 Å². The predicted molar refractivity (Wildman–Crippen MR) is 34.5 cm³/mol. The standard InChI is InChI=1S/C4H9NOS/c1-4-7(3,6)5-2/h4H,1,3H2,2H3,(H,5,6). The van der Waals surface area contributed by atoms with E-state index in [1.54, 1.807) is 7.05 Å². The molecule has 0 aliphatic heterocycles. The molecule has 0 saturated heterocycles. The van der Waals surface area contributed by atoms with Gasteiger partial charge in [-0.3, -0.25) is 0 Å². The van der Waals surface area contributed by atoms with Crippen LogP contribution in [0, 0.1) is 0 Å². The van der Waals surface area contributed by atoms with E-state index in [4.69, 9.17) is 0 Å². The molecule has 0 aliphatic carbocycles. The Morgan fingerprint density at radius 1 is 1.86 bits per heavy atom. The fourth-order valence-electron chi connectivity index (χ4n) is 0.0833. The maximum absolute atomic E-state index is 10.6. The molecule has 2 nitrogen and oxygen atoms in total. The fraction of sp³-hybridized carbons (Fsp3) is 0.250. The van der Waals surface area contributed by atoms with Crippen molar-refractivity contribution in [2.45, 2.75) is 0 Å². The van der Waals surface area contributed by atoms with Gasteiger partial charge in [0, 0.05) is 15.1 Å². The van der Waals surface area contributed by atoms with Crippen molar-refractivity contribution in [3.05, 3.63) is 12.0 Å². The first-order valence-electron chi connectivity index (χ1n) is 1.80. The van der Waals surface area contributed by atoms with Crippen molar-refractivity contribution in [1.82, 2.24) is 4.72 Å². The van der Waals surface area contributed by atoms with Gasteiger partial charge in [-0.1, -0.05) is 6.58 Å². The molecule has 0 amide bonds. The van der Waals surface area contributed by atoms with Crippen LogP contribution in [0.3, 0.4) is 0 Å². The summed E-state index contributed by atoms with van der Waals surface area (Å²) in [4.78, 5) is 0. The lowest BCUT2D eigenvalue weighted by atomic mass is 11.3. The van der Waals surface area contributed by atoms with E-state index in [9.17, 15) is 4.21 Å². The molecule has 1 unspecified atom stereocenters. The molecular formula is C4H9NOS. The number of rotatable bonds is 2. The van der Waals surface area contributed by atoms with Gasteiger partial charge >= 0.3 is 0 Å². The van der Waals surface area contributed by atoms with E-state index >= 15 is 0 Å². The van der Waals surface area contributed by atoms with Crippen molar-refractivity contribution >= 4 is 15.6 Å². The maximum Gasteiger partial charge on any atom is 0.0455 e. The third kappa shape index (κ3) is 2.42. The van der Waals surface area contributed by atoms with Gasteiger partial charge in [-0.05, 0) is 12.9 Å². The summed E-state index contributed by atoms with van der Waals surface area (Å²) in [5, 5.41) is 1.30. The lowest BCUT2D eigenvalue weighted by Crippen LogP contribution is -2.13. The summed E-state index contributed by atoms with van der Waals surface area (Å²) >= 11 is 0. The van der Waals surface area contributed by atoms with Crippen molar-refractivity contribution in [3.8, 4) is 0 Å². The molecule has 1 N–H and O–H groups in total. The van der Waals surface area contributed by atoms with Gasteiger partial charge < -0.3 is 0 Å². The zero-order valence-electron chi connectivity index (χ0n) is 4.31. The van der Waals surface area contributed by atoms with Crippen molar-refractivity contribution in [2.75, 3.05) is 7.05 Å². The van der Waals surface area contributed by atoms with E-state index in [0.717, 1.165) is 0 Å². The van der Waals surface area contributed by atoms with Gasteiger partial charge in [-0.25, -0.2) is 8.93 Å². The highest BCUT2D eigenvalue weighted by Crippen LogP contribution is 1.76. The summed E-state index contributed by atoms with van der Waals surface area (Å²) in [5.74, 6) is 3.31. The Kier molecular flexibility index (Phi) is 2.05. The van der Waals surface area contributed by atoms with Crippen molar-refractivity contribution in [2.24, 2.45) is 0 Å². The summed E-state index contributed by atoms with van der Waals surface area (Å²) in [6, 6.07) is 0. The first-order chi connectivity index (χ1) is 3.12. The molecule has 7 heavy (non-hydrogen) atoms. The van der Waals surface area contributed by atoms with Crippen molar-refractivity contribution < 1.29 is 4.21 Å². The second-order valence-electron chi connectivity index (χ2n) is 1.10. The summed E-state index contributed by atoms with van der Waals surface area (Å²) in [7, 11) is -0.563. The Hall–Kier alpha value is -0.280. The Morgan fingerprint density at radius 3 is 2.29 bits per heavy atom. The lowest BCUT2D eigenvalue weighted by molar-refractivity contribution is 0.682. The summed E-state index contributed by atoms with van der Waals surface area (Å²) in [6.45, 7) is 3.30. The molecule has 0 aromatic carbocycles. The molecule has 42 valence electrons. The summed E-state index contributed by atoms with van der Waals surface area (Å²) in [5.41, 5.74) is 0. The Bertz CT molecular complexity index is 145. The monoisotopic (exact) mass is 119 g/mol. The topological polar surface area (TPSA) is 29.1 Å². The van der Waals surface area contributed by atoms with Crippen LogP contribution in [0.4, 0.5) is 0 Å². The van der Waals surface area contributed by atoms with Crippen LogP contribution in [0.15, 0.2) is 12.0 Å². The van der Waals surface area contributed by atoms with Gasteiger partial charge in [0.1, 0.15) is 0 Å². The maximum atomic E-state index is 10.6. The second kappa shape index (κ2) is 2.14. The zero-order chi connectivity index (χ0) is 5.91. The smallest absolute Gasteiger partial charge is 0.0455 e. The Labute approximate surface area is 44.4 Å². The van der Waals surface area contributed by atoms with Gasteiger partial charge in [0.15, 0.2) is 0 Å². The number of hydrogen-bond donors (Lipinski definition) is 1. The SMILES string of the molecule is C=CS(=C)(=O)NC. The van der Waals surface area contributed by atoms with Crippen LogP contribution in [0.1, 0.15) is 0 Å². The molecule has 0 aliphatic rings. The van der Waals surface area contributed by atoms with Crippen LogP contribution in [-0.4, -0.2) is 17.1 Å². The minimum Gasteiger partial charge on any atom is -0.248 e. The van der Waals surface area contributed by atoms with Crippen LogP contribution in [0.5, 0.6) is 0 Å². The number of nitrogens with one attached hydrogen (secondary N) is 1.